The van der Waals surface area contributed by atoms with Crippen molar-refractivity contribution in [2.75, 3.05) is 0 Å². The average Bonchev–Trinajstić information content (AvgIpc) is 2.45. The van der Waals surface area contributed by atoms with Crippen LogP contribution in [-0.2, 0) is 6.42 Å². The monoisotopic (exact) mass is 176 g/mol. The van der Waals surface area contributed by atoms with Crippen molar-refractivity contribution in [1.82, 2.24) is 0 Å². The second-order valence-corrected chi connectivity index (χ2v) is 3.57. The van der Waals surface area contributed by atoms with Gasteiger partial charge in [-0.05, 0) is 18.9 Å². The number of benzene rings is 1. The van der Waals surface area contributed by atoms with Crippen molar-refractivity contribution in [2.45, 2.75) is 19.4 Å². The van der Waals surface area contributed by atoms with Gasteiger partial charge >= 0.3 is 0 Å². The topological polar surface area (TPSA) is 37.3 Å². The van der Waals surface area contributed by atoms with Crippen LogP contribution in [0.3, 0.4) is 0 Å². The minimum absolute atomic E-state index is 0.0885. The lowest BCUT2D eigenvalue weighted by molar-refractivity contribution is 0.0758. The van der Waals surface area contributed by atoms with Gasteiger partial charge in [-0.2, -0.15) is 0 Å². The normalized spacial score (nSPS) is 22.9. The van der Waals surface area contributed by atoms with Crippen LogP contribution in [0.2, 0.25) is 0 Å². The molecule has 0 amide bonds. The van der Waals surface area contributed by atoms with E-state index in [1.54, 1.807) is 6.92 Å². The largest absolute Gasteiger partial charge is 0.393 e. The molecule has 2 rings (SSSR count). The van der Waals surface area contributed by atoms with Crippen LogP contribution in [0, 0.1) is 5.92 Å². The van der Waals surface area contributed by atoms with Gasteiger partial charge in [-0.15, -0.1) is 0 Å². The second kappa shape index (κ2) is 2.96. The van der Waals surface area contributed by atoms with E-state index in [2.05, 4.69) is 0 Å². The molecule has 0 radical (unpaired) electrons. The number of carbonyl (C=O) groups excluding carboxylic acids is 1. The molecule has 0 aliphatic heterocycles. The Morgan fingerprint density at radius 2 is 2.15 bits per heavy atom. The van der Waals surface area contributed by atoms with Gasteiger partial charge in [0.15, 0.2) is 5.78 Å². The van der Waals surface area contributed by atoms with Gasteiger partial charge in [0, 0.05) is 5.56 Å². The highest BCUT2D eigenvalue weighted by atomic mass is 16.3. The fourth-order valence-electron chi connectivity index (χ4n) is 1.86. The number of aliphatic hydroxyl groups is 1. The molecule has 0 fully saturated rings. The second-order valence-electron chi connectivity index (χ2n) is 3.57. The molecule has 13 heavy (non-hydrogen) atoms. The summed E-state index contributed by atoms with van der Waals surface area (Å²) in [4.78, 5) is 11.7. The van der Waals surface area contributed by atoms with E-state index in [9.17, 15) is 9.90 Å². The minimum Gasteiger partial charge on any atom is -0.393 e. The van der Waals surface area contributed by atoms with Gasteiger partial charge in [0.2, 0.25) is 0 Å². The highest BCUT2D eigenvalue weighted by molar-refractivity contribution is 6.02. The summed E-state index contributed by atoms with van der Waals surface area (Å²) >= 11 is 0. The van der Waals surface area contributed by atoms with E-state index < -0.39 is 6.10 Å². The first-order chi connectivity index (χ1) is 6.20. The van der Waals surface area contributed by atoms with E-state index in [-0.39, 0.29) is 11.7 Å². The van der Waals surface area contributed by atoms with Crippen molar-refractivity contribution >= 4 is 5.78 Å². The number of rotatable bonds is 1. The summed E-state index contributed by atoms with van der Waals surface area (Å²) in [5.74, 6) is -0.136. The number of aliphatic hydroxyl groups excluding tert-OH is 1. The first-order valence-electron chi connectivity index (χ1n) is 4.50. The summed E-state index contributed by atoms with van der Waals surface area (Å²) in [6.07, 6.45) is 0.145. The molecule has 0 unspecified atom stereocenters. The molecule has 1 N–H and O–H groups in total. The molecule has 68 valence electrons. The highest BCUT2D eigenvalue weighted by Gasteiger charge is 2.32. The van der Waals surface area contributed by atoms with Crippen LogP contribution in [0.4, 0.5) is 0 Å². The molecule has 0 heterocycles. The van der Waals surface area contributed by atoms with Crippen LogP contribution < -0.4 is 0 Å². The van der Waals surface area contributed by atoms with E-state index in [1.807, 2.05) is 24.3 Å². The lowest BCUT2D eigenvalue weighted by Gasteiger charge is -2.09. The van der Waals surface area contributed by atoms with Gasteiger partial charge in [0.1, 0.15) is 0 Å². The Labute approximate surface area is 77.2 Å². The Kier molecular flexibility index (Phi) is 1.93. The first kappa shape index (κ1) is 8.45. The van der Waals surface area contributed by atoms with Gasteiger partial charge in [0.25, 0.3) is 0 Å². The zero-order valence-corrected chi connectivity index (χ0v) is 7.53. The van der Waals surface area contributed by atoms with Crippen LogP contribution in [0.25, 0.3) is 0 Å². The maximum absolute atomic E-state index is 11.7. The van der Waals surface area contributed by atoms with Crippen molar-refractivity contribution in [3.8, 4) is 0 Å². The summed E-state index contributed by atoms with van der Waals surface area (Å²) < 4.78 is 0. The van der Waals surface area contributed by atoms with E-state index in [1.165, 1.54) is 0 Å². The Morgan fingerprint density at radius 3 is 2.77 bits per heavy atom. The number of ketones is 1. The van der Waals surface area contributed by atoms with Crippen molar-refractivity contribution < 1.29 is 9.90 Å². The molecule has 0 saturated heterocycles. The standard InChI is InChI=1S/C11H12O2/c1-7(12)10-6-8-4-2-3-5-9(8)11(10)13/h2-5,7,10,12H,6H2,1H3/t7-,10+/m0/s1. The zero-order chi connectivity index (χ0) is 9.42. The van der Waals surface area contributed by atoms with Gasteiger partial charge in [-0.25, -0.2) is 0 Å². The molecule has 2 heteroatoms. The van der Waals surface area contributed by atoms with Gasteiger partial charge in [-0.1, -0.05) is 24.3 Å². The van der Waals surface area contributed by atoms with Crippen molar-refractivity contribution in [1.29, 1.82) is 0 Å². The third-order valence-electron chi connectivity index (χ3n) is 2.64. The van der Waals surface area contributed by atoms with Gasteiger partial charge in [0.05, 0.1) is 12.0 Å². The van der Waals surface area contributed by atoms with E-state index >= 15 is 0 Å². The van der Waals surface area contributed by atoms with Crippen molar-refractivity contribution in [3.05, 3.63) is 35.4 Å². The fraction of sp³-hybridized carbons (Fsp3) is 0.364. The van der Waals surface area contributed by atoms with Crippen LogP contribution >= 0.6 is 0 Å². The minimum atomic E-state index is -0.542. The Morgan fingerprint density at radius 1 is 1.46 bits per heavy atom. The first-order valence-corrected chi connectivity index (χ1v) is 4.50. The molecule has 0 spiro atoms. The Bertz CT molecular complexity index is 342. The molecule has 2 nitrogen and oxygen atoms in total. The maximum atomic E-state index is 11.7. The SMILES string of the molecule is C[C@H](O)[C@H]1Cc2ccccc2C1=O. The molecule has 1 aromatic carbocycles. The number of carbonyl (C=O) groups is 1. The quantitative estimate of drug-likeness (QED) is 0.702. The molecule has 1 aromatic rings. The maximum Gasteiger partial charge on any atom is 0.169 e. The molecule has 0 aromatic heterocycles. The van der Waals surface area contributed by atoms with Crippen LogP contribution in [-0.4, -0.2) is 17.0 Å². The predicted molar refractivity (Wildman–Crippen MR) is 49.6 cm³/mol. The summed E-state index contributed by atoms with van der Waals surface area (Å²) in [5, 5.41) is 9.37. The molecule has 2 atom stereocenters. The van der Waals surface area contributed by atoms with Crippen molar-refractivity contribution in [2.24, 2.45) is 5.92 Å². The lowest BCUT2D eigenvalue weighted by Crippen LogP contribution is -2.22. The number of fused-ring (bicyclic) bond motifs is 1. The average molecular weight is 176 g/mol. The van der Waals surface area contributed by atoms with Gasteiger partial charge < -0.3 is 5.11 Å². The van der Waals surface area contributed by atoms with E-state index in [0.717, 1.165) is 11.1 Å². The fourth-order valence-corrected chi connectivity index (χ4v) is 1.86. The van der Waals surface area contributed by atoms with E-state index in [0.29, 0.717) is 6.42 Å². The van der Waals surface area contributed by atoms with E-state index in [4.69, 9.17) is 0 Å². The highest BCUT2D eigenvalue weighted by Crippen LogP contribution is 2.28. The Balaban J connectivity index is 2.38. The Hall–Kier alpha value is -1.15. The molecule has 1 aliphatic carbocycles. The summed E-state index contributed by atoms with van der Waals surface area (Å²) in [5.41, 5.74) is 1.85. The van der Waals surface area contributed by atoms with Crippen LogP contribution in [0.1, 0.15) is 22.8 Å². The summed E-state index contributed by atoms with van der Waals surface area (Å²) in [7, 11) is 0. The third kappa shape index (κ3) is 1.27. The summed E-state index contributed by atoms with van der Waals surface area (Å²) in [6.45, 7) is 1.68. The molecular formula is C11H12O2. The zero-order valence-electron chi connectivity index (χ0n) is 7.53. The molecule has 1 aliphatic rings. The van der Waals surface area contributed by atoms with Crippen LogP contribution in [0.5, 0.6) is 0 Å². The van der Waals surface area contributed by atoms with Crippen LogP contribution in [0.15, 0.2) is 24.3 Å². The number of hydrogen-bond acceptors (Lipinski definition) is 2. The summed E-state index contributed by atoms with van der Waals surface area (Å²) in [6, 6.07) is 7.58. The van der Waals surface area contributed by atoms with Crippen molar-refractivity contribution in [3.63, 3.8) is 0 Å². The lowest BCUT2D eigenvalue weighted by atomic mass is 10.00. The third-order valence-corrected chi connectivity index (χ3v) is 2.64. The molecular weight excluding hydrogens is 164 g/mol. The molecule has 0 saturated carbocycles. The smallest absolute Gasteiger partial charge is 0.169 e. The number of hydrogen-bond donors (Lipinski definition) is 1. The molecule has 0 bridgehead atoms. The van der Waals surface area contributed by atoms with Gasteiger partial charge in [-0.3, -0.25) is 4.79 Å². The number of Topliss-reactive ketones (excluding diaryl/α,β-unsaturated/α-hetero) is 1. The predicted octanol–water partition coefficient (Wildman–Crippen LogP) is 1.42.